The number of aromatic nitrogens is 2. The molecule has 1 aromatic rings. The molecule has 1 aliphatic carbocycles. The quantitative estimate of drug-likeness (QED) is 0.912. The number of nitrogens with two attached hydrogens (primary N) is 1. The molecule has 3 nitrogen and oxygen atoms in total. The molecule has 0 aliphatic heterocycles. The molecular formula is C13H22BrN3. The summed E-state index contributed by atoms with van der Waals surface area (Å²) in [6.45, 7) is 5.49. The Morgan fingerprint density at radius 1 is 1.59 bits per heavy atom. The average Bonchev–Trinajstić information content (AvgIpc) is 2.57. The first-order valence-electron chi connectivity index (χ1n) is 6.32. The van der Waals surface area contributed by atoms with Gasteiger partial charge in [0.1, 0.15) is 0 Å². The van der Waals surface area contributed by atoms with Crippen molar-refractivity contribution in [2.24, 2.45) is 24.1 Å². The van der Waals surface area contributed by atoms with Crippen molar-refractivity contribution in [3.8, 4) is 0 Å². The second-order valence-corrected chi connectivity index (χ2v) is 6.86. The highest BCUT2D eigenvalue weighted by Crippen LogP contribution is 2.47. The van der Waals surface area contributed by atoms with Crippen LogP contribution in [0.5, 0.6) is 0 Å². The van der Waals surface area contributed by atoms with Gasteiger partial charge < -0.3 is 5.73 Å². The van der Waals surface area contributed by atoms with E-state index in [2.05, 4.69) is 34.9 Å². The van der Waals surface area contributed by atoms with E-state index in [-0.39, 0.29) is 0 Å². The molecule has 1 saturated carbocycles. The van der Waals surface area contributed by atoms with Crippen LogP contribution >= 0.6 is 15.9 Å². The van der Waals surface area contributed by atoms with Crippen LogP contribution in [0.1, 0.15) is 44.7 Å². The minimum atomic E-state index is 0.417. The van der Waals surface area contributed by atoms with Gasteiger partial charge in [0, 0.05) is 13.0 Å². The Kier molecular flexibility index (Phi) is 3.64. The Hall–Kier alpha value is -0.350. The fourth-order valence-electron chi connectivity index (χ4n) is 3.08. The maximum Gasteiger partial charge on any atom is 0.0635 e. The van der Waals surface area contributed by atoms with Gasteiger partial charge in [-0.05, 0) is 53.1 Å². The van der Waals surface area contributed by atoms with Gasteiger partial charge in [0.05, 0.1) is 16.4 Å². The largest absolute Gasteiger partial charge is 0.330 e. The molecule has 0 aromatic carbocycles. The Balaban J connectivity index is 2.33. The molecule has 4 heteroatoms. The number of hydrogen-bond acceptors (Lipinski definition) is 2. The summed E-state index contributed by atoms with van der Waals surface area (Å²) in [6.07, 6.45) is 5.60. The van der Waals surface area contributed by atoms with Gasteiger partial charge in [-0.15, -0.1) is 0 Å². The second kappa shape index (κ2) is 4.73. The summed E-state index contributed by atoms with van der Waals surface area (Å²) >= 11 is 3.62. The summed E-state index contributed by atoms with van der Waals surface area (Å²) in [5.74, 6) is 1.13. The Labute approximate surface area is 112 Å². The molecule has 2 unspecified atom stereocenters. The highest BCUT2D eigenvalue weighted by atomic mass is 79.9. The summed E-state index contributed by atoms with van der Waals surface area (Å²) in [5, 5.41) is 4.34. The first-order chi connectivity index (χ1) is 7.94. The minimum absolute atomic E-state index is 0.417. The van der Waals surface area contributed by atoms with Crippen LogP contribution in [0.4, 0.5) is 0 Å². The van der Waals surface area contributed by atoms with Crippen LogP contribution in [0, 0.1) is 11.3 Å². The fourth-order valence-corrected chi connectivity index (χ4v) is 3.72. The Morgan fingerprint density at radius 3 is 2.82 bits per heavy atom. The molecular weight excluding hydrogens is 278 g/mol. The number of rotatable bonds is 2. The molecule has 1 aromatic heterocycles. The van der Waals surface area contributed by atoms with Crippen molar-refractivity contribution >= 4 is 15.9 Å². The van der Waals surface area contributed by atoms with Crippen LogP contribution in [0.15, 0.2) is 10.7 Å². The predicted molar refractivity (Wildman–Crippen MR) is 73.8 cm³/mol. The minimum Gasteiger partial charge on any atom is -0.330 e. The molecule has 2 rings (SSSR count). The van der Waals surface area contributed by atoms with E-state index in [1.54, 1.807) is 0 Å². The molecule has 96 valence electrons. The van der Waals surface area contributed by atoms with E-state index in [4.69, 9.17) is 5.73 Å². The molecule has 0 saturated heterocycles. The second-order valence-electron chi connectivity index (χ2n) is 6.01. The molecule has 0 bridgehead atoms. The van der Waals surface area contributed by atoms with Crippen molar-refractivity contribution in [1.82, 2.24) is 9.78 Å². The van der Waals surface area contributed by atoms with Gasteiger partial charge in [-0.1, -0.05) is 13.8 Å². The lowest BCUT2D eigenvalue weighted by Crippen LogP contribution is -2.33. The number of aryl methyl sites for hydroxylation is 1. The van der Waals surface area contributed by atoms with Crippen LogP contribution < -0.4 is 5.73 Å². The van der Waals surface area contributed by atoms with E-state index in [0.717, 1.165) is 11.0 Å². The summed E-state index contributed by atoms with van der Waals surface area (Å²) in [4.78, 5) is 0. The van der Waals surface area contributed by atoms with Crippen LogP contribution in [0.25, 0.3) is 0 Å². The van der Waals surface area contributed by atoms with Crippen LogP contribution in [0.3, 0.4) is 0 Å². The summed E-state index contributed by atoms with van der Waals surface area (Å²) < 4.78 is 3.12. The zero-order chi connectivity index (χ0) is 12.6. The topological polar surface area (TPSA) is 43.8 Å². The SMILES string of the molecule is Cn1ncc(Br)c1C1CC(C)(C)CCC1CN. The fraction of sp³-hybridized carbons (Fsp3) is 0.769. The number of hydrogen-bond donors (Lipinski definition) is 1. The average molecular weight is 300 g/mol. The van der Waals surface area contributed by atoms with Crippen molar-refractivity contribution in [3.05, 3.63) is 16.4 Å². The normalized spacial score (nSPS) is 28.3. The van der Waals surface area contributed by atoms with E-state index in [9.17, 15) is 0 Å². The number of nitrogens with zero attached hydrogens (tertiary/aromatic N) is 2. The molecule has 1 aliphatic rings. The van der Waals surface area contributed by atoms with Crippen molar-refractivity contribution in [3.63, 3.8) is 0 Å². The van der Waals surface area contributed by atoms with E-state index in [1.165, 1.54) is 25.0 Å². The van der Waals surface area contributed by atoms with Crippen LogP contribution in [-0.2, 0) is 7.05 Å². The predicted octanol–water partition coefficient (Wildman–Crippen LogP) is 3.05. The molecule has 2 N–H and O–H groups in total. The van der Waals surface area contributed by atoms with Crippen LogP contribution in [0.2, 0.25) is 0 Å². The number of halogens is 1. The lowest BCUT2D eigenvalue weighted by atomic mass is 9.66. The van der Waals surface area contributed by atoms with Crippen molar-refractivity contribution in [2.75, 3.05) is 6.54 Å². The first-order valence-corrected chi connectivity index (χ1v) is 7.11. The highest BCUT2D eigenvalue weighted by molar-refractivity contribution is 9.10. The van der Waals surface area contributed by atoms with E-state index < -0.39 is 0 Å². The highest BCUT2D eigenvalue weighted by Gasteiger charge is 2.37. The van der Waals surface area contributed by atoms with Gasteiger partial charge in [0.25, 0.3) is 0 Å². The van der Waals surface area contributed by atoms with Gasteiger partial charge in [-0.25, -0.2) is 0 Å². The van der Waals surface area contributed by atoms with Gasteiger partial charge in [0.2, 0.25) is 0 Å². The lowest BCUT2D eigenvalue weighted by Gasteiger charge is -2.40. The first kappa shape index (κ1) is 13.1. The third kappa shape index (κ3) is 2.58. The smallest absolute Gasteiger partial charge is 0.0635 e. The van der Waals surface area contributed by atoms with Crippen molar-refractivity contribution in [1.29, 1.82) is 0 Å². The molecule has 1 fully saturated rings. The zero-order valence-corrected chi connectivity index (χ0v) is 12.5. The molecule has 17 heavy (non-hydrogen) atoms. The molecule has 0 amide bonds. The van der Waals surface area contributed by atoms with Crippen molar-refractivity contribution < 1.29 is 0 Å². The maximum absolute atomic E-state index is 5.94. The third-order valence-electron chi connectivity index (χ3n) is 4.13. The van der Waals surface area contributed by atoms with Crippen LogP contribution in [-0.4, -0.2) is 16.3 Å². The summed E-state index contributed by atoms with van der Waals surface area (Å²) in [6, 6.07) is 0. The third-order valence-corrected chi connectivity index (χ3v) is 4.74. The maximum atomic E-state index is 5.94. The van der Waals surface area contributed by atoms with E-state index in [1.807, 2.05) is 17.9 Å². The van der Waals surface area contributed by atoms with E-state index >= 15 is 0 Å². The monoisotopic (exact) mass is 299 g/mol. The summed E-state index contributed by atoms with van der Waals surface area (Å²) in [5.41, 5.74) is 7.67. The molecule has 2 atom stereocenters. The van der Waals surface area contributed by atoms with Gasteiger partial charge in [-0.2, -0.15) is 5.10 Å². The lowest BCUT2D eigenvalue weighted by molar-refractivity contribution is 0.160. The van der Waals surface area contributed by atoms with Gasteiger partial charge in [-0.3, -0.25) is 4.68 Å². The molecule has 0 radical (unpaired) electrons. The van der Waals surface area contributed by atoms with Crippen molar-refractivity contribution in [2.45, 2.75) is 39.0 Å². The van der Waals surface area contributed by atoms with Gasteiger partial charge >= 0.3 is 0 Å². The molecule has 0 spiro atoms. The summed E-state index contributed by atoms with van der Waals surface area (Å²) in [7, 11) is 2.02. The Morgan fingerprint density at radius 2 is 2.29 bits per heavy atom. The zero-order valence-electron chi connectivity index (χ0n) is 10.9. The Bertz CT molecular complexity index is 378. The standard InChI is InChI=1S/C13H22BrN3/c1-13(2)5-4-9(7-15)10(6-13)12-11(14)8-16-17(12)3/h8-10H,4-7,15H2,1-3H3. The van der Waals surface area contributed by atoms with E-state index in [0.29, 0.717) is 17.3 Å². The van der Waals surface area contributed by atoms with Gasteiger partial charge in [0.15, 0.2) is 0 Å². The molecule has 1 heterocycles.